The third-order valence-electron chi connectivity index (χ3n) is 2.18. The van der Waals surface area contributed by atoms with Crippen molar-refractivity contribution in [1.82, 2.24) is 9.71 Å². The fourth-order valence-electron chi connectivity index (χ4n) is 1.10. The van der Waals surface area contributed by atoms with E-state index >= 15 is 0 Å². The molecule has 0 bridgehead atoms. The number of rotatable bonds is 6. The van der Waals surface area contributed by atoms with E-state index in [1.54, 1.807) is 0 Å². The third kappa shape index (κ3) is 3.93. The summed E-state index contributed by atoms with van der Waals surface area (Å²) in [4.78, 5) is 3.14. The van der Waals surface area contributed by atoms with Crippen molar-refractivity contribution in [3.05, 3.63) is 17.3 Å². The Bertz CT molecular complexity index is 583. The SMILES string of the molecule is CNc1ncc(S(=O)(=O)NCC(F)(F)C(F)F)cc1Cl. The van der Waals surface area contributed by atoms with Gasteiger partial charge in [-0.1, -0.05) is 11.6 Å². The Morgan fingerprint density at radius 3 is 2.50 bits per heavy atom. The average molecular weight is 336 g/mol. The maximum atomic E-state index is 12.7. The van der Waals surface area contributed by atoms with Crippen LogP contribution in [0.25, 0.3) is 0 Å². The molecular weight excluding hydrogens is 326 g/mol. The van der Waals surface area contributed by atoms with E-state index in [1.165, 1.54) is 11.8 Å². The van der Waals surface area contributed by atoms with E-state index in [0.717, 1.165) is 12.3 Å². The molecule has 1 heterocycles. The quantitative estimate of drug-likeness (QED) is 0.780. The molecule has 1 aromatic heterocycles. The van der Waals surface area contributed by atoms with Crippen LogP contribution in [0, 0.1) is 0 Å². The number of pyridine rings is 1. The van der Waals surface area contributed by atoms with Gasteiger partial charge in [0.2, 0.25) is 10.0 Å². The van der Waals surface area contributed by atoms with E-state index in [0.29, 0.717) is 0 Å². The van der Waals surface area contributed by atoms with E-state index in [1.807, 2.05) is 0 Å². The van der Waals surface area contributed by atoms with Crippen LogP contribution in [-0.4, -0.2) is 39.3 Å². The number of hydrogen-bond acceptors (Lipinski definition) is 4. The number of hydrogen-bond donors (Lipinski definition) is 2. The summed E-state index contributed by atoms with van der Waals surface area (Å²) in [6.07, 6.45) is -3.11. The molecule has 0 saturated heterocycles. The van der Waals surface area contributed by atoms with Gasteiger partial charge in [-0.25, -0.2) is 26.9 Å². The standard InChI is InChI=1S/C9H10ClF4N3O2S/c1-15-7-6(10)2-5(3-16-7)20(18,19)17-4-9(13,14)8(11)12/h2-3,8,17H,4H2,1H3,(H,15,16). The predicted molar refractivity (Wildman–Crippen MR) is 64.9 cm³/mol. The molecule has 0 saturated carbocycles. The molecule has 1 aromatic rings. The molecule has 0 amide bonds. The Morgan fingerprint density at radius 1 is 1.45 bits per heavy atom. The van der Waals surface area contributed by atoms with E-state index in [-0.39, 0.29) is 10.8 Å². The van der Waals surface area contributed by atoms with Crippen LogP contribution in [0.3, 0.4) is 0 Å². The Labute approximate surface area is 117 Å². The molecule has 11 heteroatoms. The Hall–Kier alpha value is -1.13. The summed E-state index contributed by atoms with van der Waals surface area (Å²) in [5.74, 6) is -4.28. The molecule has 0 aliphatic carbocycles. The lowest BCUT2D eigenvalue weighted by molar-refractivity contribution is -0.122. The number of nitrogens with one attached hydrogen (secondary N) is 2. The molecular formula is C9H10ClF4N3O2S. The fourth-order valence-corrected chi connectivity index (χ4v) is 2.44. The first kappa shape index (κ1) is 16.9. The van der Waals surface area contributed by atoms with Gasteiger partial charge in [0.05, 0.1) is 11.6 Å². The maximum Gasteiger partial charge on any atom is 0.320 e. The first-order valence-corrected chi connectivity index (χ1v) is 6.95. The highest BCUT2D eigenvalue weighted by molar-refractivity contribution is 7.89. The van der Waals surface area contributed by atoms with E-state index in [9.17, 15) is 26.0 Å². The second-order valence-corrected chi connectivity index (χ2v) is 5.81. The zero-order valence-corrected chi connectivity index (χ0v) is 11.6. The lowest BCUT2D eigenvalue weighted by Crippen LogP contribution is -2.41. The van der Waals surface area contributed by atoms with Crippen molar-refractivity contribution in [1.29, 1.82) is 0 Å². The highest BCUT2D eigenvalue weighted by atomic mass is 35.5. The fraction of sp³-hybridized carbons (Fsp3) is 0.444. The van der Waals surface area contributed by atoms with Gasteiger partial charge in [-0.05, 0) is 6.07 Å². The van der Waals surface area contributed by atoms with Gasteiger partial charge < -0.3 is 5.32 Å². The minimum atomic E-state index is -4.46. The molecule has 0 aliphatic rings. The first-order valence-electron chi connectivity index (χ1n) is 5.09. The van der Waals surface area contributed by atoms with E-state index < -0.39 is 33.8 Å². The van der Waals surface area contributed by atoms with Crippen molar-refractivity contribution in [2.24, 2.45) is 0 Å². The second-order valence-electron chi connectivity index (χ2n) is 3.64. The number of sulfonamides is 1. The number of nitrogens with zero attached hydrogens (tertiary/aromatic N) is 1. The largest absolute Gasteiger partial charge is 0.372 e. The van der Waals surface area contributed by atoms with Crippen molar-refractivity contribution in [3.63, 3.8) is 0 Å². The van der Waals surface area contributed by atoms with Crippen LogP contribution in [-0.2, 0) is 10.0 Å². The van der Waals surface area contributed by atoms with Crippen LogP contribution in [0.1, 0.15) is 0 Å². The van der Waals surface area contributed by atoms with Crippen LogP contribution in [0.2, 0.25) is 5.02 Å². The highest BCUT2D eigenvalue weighted by Gasteiger charge is 2.41. The number of anilines is 1. The Balaban J connectivity index is 2.92. The van der Waals surface area contributed by atoms with Crippen LogP contribution in [0.5, 0.6) is 0 Å². The second kappa shape index (κ2) is 6.10. The summed E-state index contributed by atoms with van der Waals surface area (Å²) in [6, 6.07) is 0.962. The van der Waals surface area contributed by atoms with Gasteiger partial charge in [0.1, 0.15) is 10.7 Å². The zero-order chi connectivity index (χ0) is 15.6. The summed E-state index contributed by atoms with van der Waals surface area (Å²) in [6.45, 7) is -1.72. The normalized spacial score (nSPS) is 12.8. The van der Waals surface area contributed by atoms with Crippen molar-refractivity contribution in [2.45, 2.75) is 17.2 Å². The van der Waals surface area contributed by atoms with Crippen molar-refractivity contribution < 1.29 is 26.0 Å². The topological polar surface area (TPSA) is 71.1 Å². The average Bonchev–Trinajstić information content (AvgIpc) is 2.36. The Kier molecular flexibility index (Phi) is 5.16. The minimum absolute atomic E-state index is 0.0593. The lowest BCUT2D eigenvalue weighted by Gasteiger charge is -2.16. The molecule has 0 atom stereocenters. The molecule has 0 aromatic carbocycles. The maximum absolute atomic E-state index is 12.7. The van der Waals surface area contributed by atoms with Crippen molar-refractivity contribution >= 4 is 27.4 Å². The third-order valence-corrected chi connectivity index (χ3v) is 3.84. The van der Waals surface area contributed by atoms with Crippen LogP contribution in [0.15, 0.2) is 17.2 Å². The monoisotopic (exact) mass is 335 g/mol. The molecule has 0 unspecified atom stereocenters. The van der Waals surface area contributed by atoms with Crippen LogP contribution in [0.4, 0.5) is 23.4 Å². The molecule has 0 fully saturated rings. The molecule has 0 radical (unpaired) electrons. The van der Waals surface area contributed by atoms with Crippen LogP contribution < -0.4 is 10.0 Å². The molecule has 5 nitrogen and oxygen atoms in total. The van der Waals surface area contributed by atoms with Crippen molar-refractivity contribution in [3.8, 4) is 0 Å². The number of halogens is 5. The molecule has 20 heavy (non-hydrogen) atoms. The van der Waals surface area contributed by atoms with E-state index in [2.05, 4.69) is 10.3 Å². The summed E-state index contributed by atoms with van der Waals surface area (Å²) in [5, 5.41) is 2.51. The summed E-state index contributed by atoms with van der Waals surface area (Å²) < 4.78 is 73.9. The number of alkyl halides is 4. The van der Waals surface area contributed by atoms with Gasteiger partial charge in [0, 0.05) is 13.2 Å². The summed E-state index contributed by atoms with van der Waals surface area (Å²) >= 11 is 5.69. The van der Waals surface area contributed by atoms with Crippen LogP contribution >= 0.6 is 11.6 Å². The zero-order valence-electron chi connectivity index (χ0n) is 10.0. The molecule has 0 aliphatic heterocycles. The van der Waals surface area contributed by atoms with Gasteiger partial charge in [-0.3, -0.25) is 0 Å². The first-order chi connectivity index (χ1) is 9.10. The summed E-state index contributed by atoms with van der Waals surface area (Å²) in [5.41, 5.74) is 0. The number of aromatic nitrogens is 1. The smallest absolute Gasteiger partial charge is 0.320 e. The minimum Gasteiger partial charge on any atom is -0.372 e. The van der Waals surface area contributed by atoms with Gasteiger partial charge in [0.25, 0.3) is 0 Å². The van der Waals surface area contributed by atoms with Gasteiger partial charge >= 0.3 is 12.3 Å². The Morgan fingerprint density at radius 2 is 2.05 bits per heavy atom. The van der Waals surface area contributed by atoms with E-state index in [4.69, 9.17) is 11.6 Å². The highest BCUT2D eigenvalue weighted by Crippen LogP contribution is 2.24. The molecule has 0 spiro atoms. The molecule has 1 rings (SSSR count). The van der Waals surface area contributed by atoms with Gasteiger partial charge in [-0.15, -0.1) is 0 Å². The lowest BCUT2D eigenvalue weighted by atomic mass is 10.4. The van der Waals surface area contributed by atoms with Gasteiger partial charge in [0.15, 0.2) is 0 Å². The predicted octanol–water partition coefficient (Wildman–Crippen LogP) is 1.96. The van der Waals surface area contributed by atoms with Crippen molar-refractivity contribution in [2.75, 3.05) is 18.9 Å². The van der Waals surface area contributed by atoms with Gasteiger partial charge in [-0.2, -0.15) is 8.78 Å². The molecule has 114 valence electrons. The summed E-state index contributed by atoms with van der Waals surface area (Å²) in [7, 11) is -2.92. The molecule has 2 N–H and O–H groups in total.